The molecule has 17 heavy (non-hydrogen) atoms. The van der Waals surface area contributed by atoms with E-state index in [1.807, 2.05) is 0 Å². The zero-order valence-corrected chi connectivity index (χ0v) is 11.0. The van der Waals surface area contributed by atoms with Crippen molar-refractivity contribution in [2.75, 3.05) is 26.2 Å². The lowest BCUT2D eigenvalue weighted by atomic mass is 9.96. The molecular weight excluding hydrogens is 212 g/mol. The van der Waals surface area contributed by atoms with Crippen molar-refractivity contribution in [3.63, 3.8) is 0 Å². The van der Waals surface area contributed by atoms with Crippen LogP contribution in [0.25, 0.3) is 0 Å². The van der Waals surface area contributed by atoms with Crippen LogP contribution < -0.4 is 5.73 Å². The van der Waals surface area contributed by atoms with E-state index in [1.54, 1.807) is 0 Å². The van der Waals surface area contributed by atoms with E-state index in [9.17, 15) is 5.11 Å². The quantitative estimate of drug-likeness (QED) is 0.767. The van der Waals surface area contributed by atoms with Gasteiger partial charge in [-0.15, -0.1) is 0 Å². The van der Waals surface area contributed by atoms with Crippen molar-refractivity contribution in [2.45, 2.75) is 51.0 Å². The summed E-state index contributed by atoms with van der Waals surface area (Å²) in [6, 6.07) is 0. The number of likely N-dealkylation sites (tertiary alicyclic amines) is 1. The maximum Gasteiger partial charge on any atom is 0.0669 e. The van der Waals surface area contributed by atoms with Gasteiger partial charge >= 0.3 is 0 Å². The summed E-state index contributed by atoms with van der Waals surface area (Å²) in [7, 11) is 0. The molecule has 0 bridgehead atoms. The number of β-amino-alcohol motifs (C(OH)–C–C–N with tert-alkyl or cyclic N) is 1. The molecule has 0 spiro atoms. The zero-order chi connectivity index (χ0) is 12.1. The zero-order valence-electron chi connectivity index (χ0n) is 11.0. The minimum absolute atomic E-state index is 0.116. The van der Waals surface area contributed by atoms with Crippen LogP contribution in [0.1, 0.15) is 44.9 Å². The molecule has 1 aliphatic carbocycles. The molecule has 0 radical (unpaired) electrons. The van der Waals surface area contributed by atoms with Gasteiger partial charge in [0.25, 0.3) is 0 Å². The predicted molar refractivity (Wildman–Crippen MR) is 70.8 cm³/mol. The molecule has 1 saturated carbocycles. The standard InChI is InChI=1S/C14H28N2O/c15-9-13-6-3-7-16(10-13)11-14(17)8-12-4-1-2-5-12/h12-14,17H,1-11,15H2. The molecule has 1 heterocycles. The van der Waals surface area contributed by atoms with Gasteiger partial charge in [-0.25, -0.2) is 0 Å². The Morgan fingerprint density at radius 3 is 2.53 bits per heavy atom. The maximum atomic E-state index is 10.1. The Balaban J connectivity index is 1.68. The summed E-state index contributed by atoms with van der Waals surface area (Å²) < 4.78 is 0. The molecule has 2 rings (SSSR count). The molecule has 0 amide bonds. The summed E-state index contributed by atoms with van der Waals surface area (Å²) in [6.45, 7) is 3.92. The Morgan fingerprint density at radius 1 is 1.12 bits per heavy atom. The first-order chi connectivity index (χ1) is 8.28. The van der Waals surface area contributed by atoms with Gasteiger partial charge in [-0.2, -0.15) is 0 Å². The molecule has 2 fully saturated rings. The number of hydrogen-bond acceptors (Lipinski definition) is 3. The first kappa shape index (κ1) is 13.3. The smallest absolute Gasteiger partial charge is 0.0669 e. The van der Waals surface area contributed by atoms with E-state index in [1.165, 1.54) is 38.5 Å². The summed E-state index contributed by atoms with van der Waals surface area (Å²) in [5.41, 5.74) is 5.74. The van der Waals surface area contributed by atoms with Gasteiger partial charge in [0.2, 0.25) is 0 Å². The molecule has 100 valence electrons. The topological polar surface area (TPSA) is 49.5 Å². The van der Waals surface area contributed by atoms with Gasteiger partial charge in [0.05, 0.1) is 6.10 Å². The van der Waals surface area contributed by atoms with Crippen molar-refractivity contribution in [3.05, 3.63) is 0 Å². The summed E-state index contributed by atoms with van der Waals surface area (Å²) in [5.74, 6) is 1.45. The third kappa shape index (κ3) is 4.23. The van der Waals surface area contributed by atoms with E-state index in [4.69, 9.17) is 5.73 Å². The Labute approximate surface area is 105 Å². The largest absolute Gasteiger partial charge is 0.392 e. The van der Waals surface area contributed by atoms with Crippen LogP contribution in [-0.2, 0) is 0 Å². The van der Waals surface area contributed by atoms with Crippen LogP contribution in [-0.4, -0.2) is 42.3 Å². The normalized spacial score (nSPS) is 29.6. The predicted octanol–water partition coefficient (Wildman–Crippen LogP) is 1.60. The molecule has 1 saturated heterocycles. The summed E-state index contributed by atoms with van der Waals surface area (Å²) in [6.07, 6.45) is 8.83. The summed E-state index contributed by atoms with van der Waals surface area (Å²) in [4.78, 5) is 2.42. The highest BCUT2D eigenvalue weighted by Crippen LogP contribution is 2.29. The van der Waals surface area contributed by atoms with Gasteiger partial charge < -0.3 is 15.7 Å². The molecule has 2 atom stereocenters. The average molecular weight is 240 g/mol. The number of nitrogens with zero attached hydrogens (tertiary/aromatic N) is 1. The van der Waals surface area contributed by atoms with E-state index < -0.39 is 0 Å². The second-order valence-electron chi connectivity index (χ2n) is 6.04. The van der Waals surface area contributed by atoms with E-state index in [-0.39, 0.29) is 6.10 Å². The van der Waals surface area contributed by atoms with Crippen molar-refractivity contribution in [2.24, 2.45) is 17.6 Å². The molecule has 0 aromatic heterocycles. The van der Waals surface area contributed by atoms with Crippen LogP contribution >= 0.6 is 0 Å². The van der Waals surface area contributed by atoms with Gasteiger partial charge in [-0.1, -0.05) is 25.7 Å². The minimum Gasteiger partial charge on any atom is -0.392 e. The van der Waals surface area contributed by atoms with Gasteiger partial charge in [-0.3, -0.25) is 0 Å². The van der Waals surface area contributed by atoms with Crippen molar-refractivity contribution in [3.8, 4) is 0 Å². The second-order valence-corrected chi connectivity index (χ2v) is 6.04. The fourth-order valence-corrected chi connectivity index (χ4v) is 3.51. The Hall–Kier alpha value is -0.120. The highest BCUT2D eigenvalue weighted by Gasteiger charge is 2.23. The van der Waals surface area contributed by atoms with Crippen LogP contribution in [0, 0.1) is 11.8 Å². The highest BCUT2D eigenvalue weighted by molar-refractivity contribution is 4.78. The lowest BCUT2D eigenvalue weighted by Gasteiger charge is -2.33. The second kappa shape index (κ2) is 6.72. The number of rotatable bonds is 5. The van der Waals surface area contributed by atoms with Crippen molar-refractivity contribution in [1.82, 2.24) is 4.90 Å². The molecule has 2 aliphatic rings. The minimum atomic E-state index is -0.116. The number of nitrogens with two attached hydrogens (primary N) is 1. The Bertz CT molecular complexity index is 216. The number of aliphatic hydroxyl groups excluding tert-OH is 1. The molecule has 0 aromatic rings. The average Bonchev–Trinajstić information content (AvgIpc) is 2.82. The van der Waals surface area contributed by atoms with Crippen LogP contribution in [0.5, 0.6) is 0 Å². The van der Waals surface area contributed by atoms with Gasteiger partial charge in [0.15, 0.2) is 0 Å². The van der Waals surface area contributed by atoms with E-state index in [0.29, 0.717) is 5.92 Å². The summed E-state index contributed by atoms with van der Waals surface area (Å²) >= 11 is 0. The van der Waals surface area contributed by atoms with Crippen molar-refractivity contribution in [1.29, 1.82) is 0 Å². The molecular formula is C14H28N2O. The molecule has 2 unspecified atom stereocenters. The third-order valence-corrected chi connectivity index (χ3v) is 4.49. The first-order valence-electron chi connectivity index (χ1n) is 7.38. The van der Waals surface area contributed by atoms with Gasteiger partial charge in [0.1, 0.15) is 0 Å². The molecule has 3 heteroatoms. The van der Waals surface area contributed by atoms with Gasteiger partial charge in [-0.05, 0) is 44.2 Å². The van der Waals surface area contributed by atoms with E-state index >= 15 is 0 Å². The van der Waals surface area contributed by atoms with Crippen molar-refractivity contribution < 1.29 is 5.11 Å². The van der Waals surface area contributed by atoms with Crippen molar-refractivity contribution >= 4 is 0 Å². The number of piperidine rings is 1. The fourth-order valence-electron chi connectivity index (χ4n) is 3.51. The third-order valence-electron chi connectivity index (χ3n) is 4.49. The van der Waals surface area contributed by atoms with E-state index in [0.717, 1.165) is 38.5 Å². The Kier molecular flexibility index (Phi) is 5.26. The molecule has 1 aliphatic heterocycles. The highest BCUT2D eigenvalue weighted by atomic mass is 16.3. The fraction of sp³-hybridized carbons (Fsp3) is 1.00. The van der Waals surface area contributed by atoms with Crippen LogP contribution in [0.3, 0.4) is 0 Å². The lowest BCUT2D eigenvalue weighted by molar-refractivity contribution is 0.0702. The number of hydrogen-bond donors (Lipinski definition) is 2. The maximum absolute atomic E-state index is 10.1. The van der Waals surface area contributed by atoms with Crippen LogP contribution in [0.15, 0.2) is 0 Å². The Morgan fingerprint density at radius 2 is 1.82 bits per heavy atom. The molecule has 0 aromatic carbocycles. The first-order valence-corrected chi connectivity index (χ1v) is 7.38. The summed E-state index contributed by atoms with van der Waals surface area (Å²) in [5, 5.41) is 10.1. The number of aliphatic hydroxyl groups is 1. The SMILES string of the molecule is NCC1CCCN(CC(O)CC2CCCC2)C1. The monoisotopic (exact) mass is 240 g/mol. The molecule has 3 N–H and O–H groups in total. The van der Waals surface area contributed by atoms with Crippen LogP contribution in [0.4, 0.5) is 0 Å². The lowest BCUT2D eigenvalue weighted by Crippen LogP contribution is -2.42. The van der Waals surface area contributed by atoms with E-state index in [2.05, 4.69) is 4.90 Å². The molecule has 3 nitrogen and oxygen atoms in total. The van der Waals surface area contributed by atoms with Gasteiger partial charge in [0, 0.05) is 13.1 Å². The van der Waals surface area contributed by atoms with Crippen LogP contribution in [0.2, 0.25) is 0 Å².